The van der Waals surface area contributed by atoms with Crippen molar-refractivity contribution in [1.29, 1.82) is 0 Å². The molecule has 1 nitrogen and oxygen atoms in total. The molecule has 0 aromatic carbocycles. The number of aliphatic hydroxyl groups is 1. The normalized spacial score (nSPS) is 21.3. The van der Waals surface area contributed by atoms with Gasteiger partial charge in [-0.3, -0.25) is 0 Å². The van der Waals surface area contributed by atoms with Crippen LogP contribution in [-0.2, 0) is 0 Å². The molecule has 2 heteroatoms. The van der Waals surface area contributed by atoms with Gasteiger partial charge in [0.25, 0.3) is 0 Å². The summed E-state index contributed by atoms with van der Waals surface area (Å²) in [4.78, 5) is 0. The molecule has 1 unspecified atom stereocenters. The van der Waals surface area contributed by atoms with Crippen LogP contribution >= 0.6 is 0 Å². The Morgan fingerprint density at radius 1 is 1.00 bits per heavy atom. The van der Waals surface area contributed by atoms with E-state index in [1.54, 1.807) is 0 Å². The quantitative estimate of drug-likeness (QED) is 0.321. The van der Waals surface area contributed by atoms with E-state index < -0.39 is 18.4 Å². The second-order valence-corrected chi connectivity index (χ2v) is 22.1. The van der Waals surface area contributed by atoms with Gasteiger partial charge in [0.1, 0.15) is 0 Å². The summed E-state index contributed by atoms with van der Waals surface area (Å²) in [7, 11) is 0. The summed E-state index contributed by atoms with van der Waals surface area (Å²) in [5, 5.41) is 10.4. The Morgan fingerprint density at radius 2 is 1.48 bits per heavy atom. The molecular formula is C23H44OSn. The predicted molar refractivity (Wildman–Crippen MR) is 116 cm³/mol. The molecule has 1 aliphatic rings. The summed E-state index contributed by atoms with van der Waals surface area (Å²) in [6.07, 6.45) is 12.5. The zero-order valence-electron chi connectivity index (χ0n) is 18.0. The number of hydrogen-bond donors (Lipinski definition) is 1. The maximum atomic E-state index is 10.4. The molecule has 0 bridgehead atoms. The van der Waals surface area contributed by atoms with Crippen LogP contribution in [0.3, 0.4) is 0 Å². The minimum absolute atomic E-state index is 0.220. The van der Waals surface area contributed by atoms with Crippen LogP contribution in [0.15, 0.2) is 21.3 Å². The average Bonchev–Trinajstić information content (AvgIpc) is 2.59. The molecule has 0 aromatic rings. The minimum atomic E-state index is -2.23. The molecule has 1 aliphatic carbocycles. The number of aliphatic hydroxyl groups excluding tert-OH is 1. The summed E-state index contributed by atoms with van der Waals surface area (Å²) in [6, 6.07) is 0. The third-order valence-electron chi connectivity index (χ3n) is 6.38. The standard InChI is InChI=1S/C11H17O.3C4H9.Sn/c1-5-9-8(2)10(12)6-7-11(9,3)4;3*1-3-4-2;/h1,5,10,12H,6-7H2,2-4H3;3*1,3-4H2,2H3;. The Bertz CT molecular complexity index is 425. The molecule has 1 N–H and O–H groups in total. The van der Waals surface area contributed by atoms with Crippen molar-refractivity contribution in [3.63, 3.8) is 0 Å². The molecule has 25 heavy (non-hydrogen) atoms. The number of allylic oxidation sites excluding steroid dienone is 2. The van der Waals surface area contributed by atoms with Crippen LogP contribution in [0, 0.1) is 5.41 Å². The molecule has 0 spiro atoms. The van der Waals surface area contributed by atoms with Gasteiger partial charge < -0.3 is 0 Å². The van der Waals surface area contributed by atoms with Crippen LogP contribution in [0.2, 0.25) is 13.3 Å². The van der Waals surface area contributed by atoms with E-state index in [1.165, 1.54) is 63.0 Å². The van der Waals surface area contributed by atoms with Gasteiger partial charge in [-0.2, -0.15) is 0 Å². The van der Waals surface area contributed by atoms with Crippen LogP contribution < -0.4 is 0 Å². The van der Waals surface area contributed by atoms with Crippen LogP contribution in [0.5, 0.6) is 0 Å². The Hall–Kier alpha value is 0.239. The van der Waals surface area contributed by atoms with Crippen LogP contribution in [0.4, 0.5) is 0 Å². The van der Waals surface area contributed by atoms with E-state index >= 15 is 0 Å². The molecule has 0 fully saturated rings. The van der Waals surface area contributed by atoms with Crippen molar-refractivity contribution in [3.8, 4) is 0 Å². The van der Waals surface area contributed by atoms with Crippen LogP contribution in [0.1, 0.15) is 92.9 Å². The fourth-order valence-corrected chi connectivity index (χ4v) is 18.5. The molecule has 0 saturated heterocycles. The van der Waals surface area contributed by atoms with Crippen LogP contribution in [0.25, 0.3) is 0 Å². The summed E-state index contributed by atoms with van der Waals surface area (Å²) < 4.78 is 7.35. The Kier molecular flexibility index (Phi) is 10.4. The summed E-state index contributed by atoms with van der Waals surface area (Å²) >= 11 is -2.23. The van der Waals surface area contributed by atoms with E-state index in [0.29, 0.717) is 0 Å². The molecule has 0 radical (unpaired) electrons. The molecule has 0 aliphatic heterocycles. The molecular weight excluding hydrogens is 411 g/mol. The number of rotatable bonds is 11. The monoisotopic (exact) mass is 456 g/mol. The zero-order chi connectivity index (χ0) is 18.9. The van der Waals surface area contributed by atoms with Crippen molar-refractivity contribution < 1.29 is 5.11 Å². The zero-order valence-corrected chi connectivity index (χ0v) is 20.8. The predicted octanol–water partition coefficient (Wildman–Crippen LogP) is 7.43. The van der Waals surface area contributed by atoms with Gasteiger partial charge in [-0.1, -0.05) is 0 Å². The van der Waals surface area contributed by atoms with Crippen molar-refractivity contribution in [1.82, 2.24) is 0 Å². The van der Waals surface area contributed by atoms with Crippen molar-refractivity contribution in [2.75, 3.05) is 0 Å². The summed E-state index contributed by atoms with van der Waals surface area (Å²) in [5.74, 6) is 0. The second kappa shape index (κ2) is 11.2. The van der Waals surface area contributed by atoms with Crippen LogP contribution in [-0.4, -0.2) is 29.6 Å². The molecule has 1 rings (SSSR count). The maximum absolute atomic E-state index is 10.4. The molecule has 0 heterocycles. The average molecular weight is 455 g/mol. The van der Waals surface area contributed by atoms with Gasteiger partial charge in [-0.15, -0.1) is 0 Å². The van der Waals surface area contributed by atoms with Crippen molar-refractivity contribution in [2.45, 2.75) is 112 Å². The molecule has 0 saturated carbocycles. The van der Waals surface area contributed by atoms with E-state index in [-0.39, 0.29) is 11.5 Å². The third-order valence-corrected chi connectivity index (χ3v) is 20.4. The van der Waals surface area contributed by atoms with Gasteiger partial charge in [-0.05, 0) is 0 Å². The van der Waals surface area contributed by atoms with Gasteiger partial charge in [0.2, 0.25) is 0 Å². The summed E-state index contributed by atoms with van der Waals surface area (Å²) in [5.41, 5.74) is 2.89. The molecule has 0 amide bonds. The van der Waals surface area contributed by atoms with E-state index in [0.717, 1.165) is 12.8 Å². The Labute approximate surface area is 162 Å². The summed E-state index contributed by atoms with van der Waals surface area (Å²) in [6.45, 7) is 13.9. The van der Waals surface area contributed by atoms with E-state index in [4.69, 9.17) is 0 Å². The van der Waals surface area contributed by atoms with Crippen molar-refractivity contribution in [2.24, 2.45) is 5.41 Å². The second-order valence-electron chi connectivity index (χ2n) is 9.04. The first-order chi connectivity index (χ1) is 11.8. The van der Waals surface area contributed by atoms with Gasteiger partial charge in [-0.25, -0.2) is 0 Å². The topological polar surface area (TPSA) is 20.2 Å². The Morgan fingerprint density at radius 3 is 1.92 bits per heavy atom. The first kappa shape index (κ1) is 23.3. The Balaban J connectivity index is 3.14. The van der Waals surface area contributed by atoms with Gasteiger partial charge >= 0.3 is 163 Å². The molecule has 1 atom stereocenters. The first-order valence-electron chi connectivity index (χ1n) is 10.9. The van der Waals surface area contributed by atoms with Crippen molar-refractivity contribution in [3.05, 3.63) is 21.3 Å². The van der Waals surface area contributed by atoms with Gasteiger partial charge in [0, 0.05) is 0 Å². The fraction of sp³-hybridized carbons (Fsp3) is 0.826. The molecule has 0 aromatic heterocycles. The fourth-order valence-electron chi connectivity index (χ4n) is 4.39. The van der Waals surface area contributed by atoms with E-state index in [9.17, 15) is 5.11 Å². The molecule has 146 valence electrons. The first-order valence-corrected chi connectivity index (χ1v) is 18.6. The van der Waals surface area contributed by atoms with Crippen molar-refractivity contribution >= 4 is 18.4 Å². The third kappa shape index (κ3) is 7.05. The van der Waals surface area contributed by atoms with Gasteiger partial charge in [0.15, 0.2) is 0 Å². The number of hydrogen-bond acceptors (Lipinski definition) is 1. The van der Waals surface area contributed by atoms with E-state index in [1.807, 2.05) is 0 Å². The SMILES string of the molecule is CCC[CH2][Sn](/[CH]=C/C1=C(C)C(O)CCC1(C)C)([CH2]CCC)[CH2]CCC. The van der Waals surface area contributed by atoms with E-state index in [2.05, 4.69) is 51.7 Å². The number of unbranched alkanes of at least 4 members (excludes halogenated alkanes) is 3. The van der Waals surface area contributed by atoms with Gasteiger partial charge in [0.05, 0.1) is 0 Å².